The van der Waals surface area contributed by atoms with Gasteiger partial charge in [-0.15, -0.1) is 11.3 Å². The molecule has 2 heterocycles. The first-order chi connectivity index (χ1) is 10.1. The molecule has 0 fully saturated rings. The first-order valence-electron chi connectivity index (χ1n) is 6.60. The zero-order valence-electron chi connectivity index (χ0n) is 12.2. The quantitative estimate of drug-likeness (QED) is 0.671. The molecule has 0 aliphatic rings. The molecule has 2 aromatic rings. The second-order valence-electron chi connectivity index (χ2n) is 4.14. The van der Waals surface area contributed by atoms with Gasteiger partial charge in [-0.05, 0) is 37.4 Å². The van der Waals surface area contributed by atoms with Gasteiger partial charge in [-0.3, -0.25) is 4.57 Å². The summed E-state index contributed by atoms with van der Waals surface area (Å²) in [5.74, 6) is 0.959. The maximum absolute atomic E-state index is 12.3. The lowest BCUT2D eigenvalue weighted by molar-refractivity contribution is 0.193. The minimum Gasteiger partial charge on any atom is -0.462 e. The van der Waals surface area contributed by atoms with Crippen molar-refractivity contribution >= 4 is 18.9 Å². The van der Waals surface area contributed by atoms with E-state index in [4.69, 9.17) is 18.3 Å². The molecule has 0 spiro atoms. The highest BCUT2D eigenvalue weighted by atomic mass is 32.1. The third-order valence-electron chi connectivity index (χ3n) is 2.64. The summed E-state index contributed by atoms with van der Waals surface area (Å²) >= 11 is 1.55. The molecule has 0 amide bonds. The Bertz CT molecular complexity index is 600. The second-order valence-corrected chi connectivity index (χ2v) is 7.08. The summed E-state index contributed by atoms with van der Waals surface area (Å²) in [4.78, 5) is 0.965. The highest BCUT2D eigenvalue weighted by molar-refractivity contribution is 7.53. The van der Waals surface area contributed by atoms with Gasteiger partial charge in [0.15, 0.2) is 12.1 Å². The lowest BCUT2D eigenvalue weighted by atomic mass is 10.2. The average molecular weight is 331 g/mol. The van der Waals surface area contributed by atoms with Crippen molar-refractivity contribution in [1.82, 2.24) is 5.16 Å². The molecular weight excluding hydrogens is 313 g/mol. The minimum absolute atomic E-state index is 0.189. The molecule has 0 aliphatic heterocycles. The van der Waals surface area contributed by atoms with Gasteiger partial charge in [-0.1, -0.05) is 6.07 Å². The average Bonchev–Trinajstić information content (AvgIpc) is 3.07. The summed E-state index contributed by atoms with van der Waals surface area (Å²) in [5, 5.41) is 5.83. The molecule has 0 saturated carbocycles. The number of nitrogens with zero attached hydrogens (tertiary/aromatic N) is 1. The predicted octanol–water partition coefficient (Wildman–Crippen LogP) is 4.31. The van der Waals surface area contributed by atoms with E-state index >= 15 is 0 Å². The van der Waals surface area contributed by atoms with Crippen LogP contribution in [0.15, 0.2) is 22.0 Å². The molecule has 8 heteroatoms. The predicted molar refractivity (Wildman–Crippen MR) is 80.9 cm³/mol. The summed E-state index contributed by atoms with van der Waals surface area (Å²) < 4.78 is 33.4. The van der Waals surface area contributed by atoms with E-state index < -0.39 is 7.60 Å². The fourth-order valence-electron chi connectivity index (χ4n) is 1.74. The van der Waals surface area contributed by atoms with E-state index in [0.717, 1.165) is 10.4 Å². The first-order valence-corrected chi connectivity index (χ1v) is 9.21. The Morgan fingerprint density at radius 3 is 2.62 bits per heavy atom. The Hall–Kier alpha value is -1.14. The molecule has 0 aromatic carbocycles. The van der Waals surface area contributed by atoms with Crippen molar-refractivity contribution in [3.05, 3.63) is 23.1 Å². The minimum atomic E-state index is -3.26. The fraction of sp³-hybridized carbons (Fsp3) is 0.462. The van der Waals surface area contributed by atoms with Crippen molar-refractivity contribution in [3.8, 4) is 16.5 Å². The van der Waals surface area contributed by atoms with Crippen LogP contribution in [0.25, 0.3) is 10.6 Å². The highest BCUT2D eigenvalue weighted by Crippen LogP contribution is 2.48. The molecular formula is C13H18NO5PS. The van der Waals surface area contributed by atoms with Crippen LogP contribution in [0.5, 0.6) is 5.88 Å². The Balaban J connectivity index is 2.08. The molecule has 0 saturated heterocycles. The van der Waals surface area contributed by atoms with Crippen molar-refractivity contribution in [1.29, 1.82) is 0 Å². The number of hydrogen-bond donors (Lipinski definition) is 0. The van der Waals surface area contributed by atoms with Crippen molar-refractivity contribution in [2.45, 2.75) is 20.8 Å². The van der Waals surface area contributed by atoms with Gasteiger partial charge < -0.3 is 18.3 Å². The Labute approximate surface area is 127 Å². The normalized spacial score (nSPS) is 11.8. The SMILES string of the molecule is CCOP(=O)(COc1noc(-c2cccs2)c1C)OCC. The lowest BCUT2D eigenvalue weighted by Gasteiger charge is -2.16. The van der Waals surface area contributed by atoms with Gasteiger partial charge in [-0.25, -0.2) is 0 Å². The molecule has 116 valence electrons. The molecule has 2 rings (SSSR count). The van der Waals surface area contributed by atoms with E-state index in [9.17, 15) is 4.57 Å². The van der Waals surface area contributed by atoms with Crippen LogP contribution < -0.4 is 4.74 Å². The lowest BCUT2D eigenvalue weighted by Crippen LogP contribution is -2.06. The van der Waals surface area contributed by atoms with E-state index in [1.54, 1.807) is 25.2 Å². The van der Waals surface area contributed by atoms with Crippen LogP contribution in [-0.4, -0.2) is 24.7 Å². The molecule has 0 unspecified atom stereocenters. The van der Waals surface area contributed by atoms with E-state index in [0.29, 0.717) is 24.9 Å². The van der Waals surface area contributed by atoms with Gasteiger partial charge in [0.2, 0.25) is 0 Å². The number of aromatic nitrogens is 1. The first kappa shape index (κ1) is 16.2. The zero-order chi connectivity index (χ0) is 15.3. The summed E-state index contributed by atoms with van der Waals surface area (Å²) in [5.41, 5.74) is 0.761. The van der Waals surface area contributed by atoms with E-state index in [2.05, 4.69) is 5.16 Å². The van der Waals surface area contributed by atoms with Crippen LogP contribution in [0.3, 0.4) is 0 Å². The topological polar surface area (TPSA) is 70.8 Å². The zero-order valence-corrected chi connectivity index (χ0v) is 13.9. The van der Waals surface area contributed by atoms with Gasteiger partial charge in [0, 0.05) is 0 Å². The monoisotopic (exact) mass is 331 g/mol. The molecule has 0 radical (unpaired) electrons. The summed E-state index contributed by atoms with van der Waals surface area (Å²) in [6.45, 7) is 5.93. The standard InChI is InChI=1S/C13H18NO5PS/c1-4-17-20(15,18-5-2)9-16-13-10(3)12(19-14-13)11-7-6-8-21-11/h6-8H,4-5,9H2,1-3H3. The molecule has 6 nitrogen and oxygen atoms in total. The van der Waals surface area contributed by atoms with Gasteiger partial charge in [-0.2, -0.15) is 0 Å². The molecule has 0 bridgehead atoms. The Kier molecular flexibility index (Phi) is 5.58. The van der Waals surface area contributed by atoms with E-state index in [1.165, 1.54) is 0 Å². The maximum Gasteiger partial charge on any atom is 0.367 e. The fourth-order valence-corrected chi connectivity index (χ4v) is 3.79. The van der Waals surface area contributed by atoms with Crippen molar-refractivity contribution in [3.63, 3.8) is 0 Å². The number of rotatable bonds is 8. The van der Waals surface area contributed by atoms with Gasteiger partial charge in [0.1, 0.15) is 0 Å². The van der Waals surface area contributed by atoms with Gasteiger partial charge in [0.05, 0.1) is 23.7 Å². The summed E-state index contributed by atoms with van der Waals surface area (Å²) in [7, 11) is -3.26. The van der Waals surface area contributed by atoms with Crippen LogP contribution in [0.4, 0.5) is 0 Å². The third kappa shape index (κ3) is 3.95. The second kappa shape index (κ2) is 7.22. The van der Waals surface area contributed by atoms with Crippen LogP contribution in [0.1, 0.15) is 19.4 Å². The smallest absolute Gasteiger partial charge is 0.367 e. The van der Waals surface area contributed by atoms with Crippen molar-refractivity contribution in [2.75, 3.05) is 19.6 Å². The number of ether oxygens (including phenoxy) is 1. The molecule has 2 aromatic heterocycles. The van der Waals surface area contributed by atoms with Crippen LogP contribution in [0, 0.1) is 6.92 Å². The van der Waals surface area contributed by atoms with Crippen molar-refractivity contribution < 1.29 is 22.9 Å². The van der Waals surface area contributed by atoms with E-state index in [1.807, 2.05) is 24.4 Å². The van der Waals surface area contributed by atoms with E-state index in [-0.39, 0.29) is 6.35 Å². The summed E-state index contributed by atoms with van der Waals surface area (Å²) in [6, 6.07) is 3.87. The Morgan fingerprint density at radius 2 is 2.05 bits per heavy atom. The van der Waals surface area contributed by atoms with Gasteiger partial charge >= 0.3 is 7.60 Å². The highest BCUT2D eigenvalue weighted by Gasteiger charge is 2.26. The molecule has 0 N–H and O–H groups in total. The van der Waals surface area contributed by atoms with Crippen LogP contribution in [-0.2, 0) is 13.6 Å². The Morgan fingerprint density at radius 1 is 1.33 bits per heavy atom. The number of hydrogen-bond acceptors (Lipinski definition) is 7. The maximum atomic E-state index is 12.3. The number of thiophene rings is 1. The molecule has 0 aliphatic carbocycles. The van der Waals surface area contributed by atoms with Crippen LogP contribution in [0.2, 0.25) is 0 Å². The summed E-state index contributed by atoms with van der Waals surface area (Å²) in [6.07, 6.45) is -0.189. The molecule has 0 atom stereocenters. The van der Waals surface area contributed by atoms with Crippen LogP contribution >= 0.6 is 18.9 Å². The molecule has 21 heavy (non-hydrogen) atoms. The van der Waals surface area contributed by atoms with Gasteiger partial charge in [0.25, 0.3) is 5.88 Å². The van der Waals surface area contributed by atoms with Crippen molar-refractivity contribution in [2.24, 2.45) is 0 Å². The largest absolute Gasteiger partial charge is 0.462 e. The third-order valence-corrected chi connectivity index (χ3v) is 5.25.